The summed E-state index contributed by atoms with van der Waals surface area (Å²) >= 11 is 0. The maximum absolute atomic E-state index is 14.3. The third kappa shape index (κ3) is 2.94. The van der Waals surface area contributed by atoms with Crippen LogP contribution in [0.2, 0.25) is 0 Å². The number of hydrogen-bond donors (Lipinski definition) is 2. The first kappa shape index (κ1) is 16.7. The Bertz CT molecular complexity index is 881. The Kier molecular flexibility index (Phi) is 4.67. The minimum Gasteiger partial charge on any atom is -0.354 e. The van der Waals surface area contributed by atoms with Gasteiger partial charge >= 0.3 is 0 Å². The van der Waals surface area contributed by atoms with E-state index in [1.54, 1.807) is 0 Å². The molecule has 0 bridgehead atoms. The zero-order chi connectivity index (χ0) is 17.3. The van der Waals surface area contributed by atoms with Crippen molar-refractivity contribution in [3.05, 3.63) is 58.7 Å². The first-order valence-electron chi connectivity index (χ1n) is 8.29. The molecule has 24 heavy (non-hydrogen) atoms. The molecule has 4 heteroatoms. The molecule has 3 rings (SSSR count). The van der Waals surface area contributed by atoms with Gasteiger partial charge in [0.1, 0.15) is 11.6 Å². The number of unbranched alkanes of at least 4 members (excludes halogenated alkanes) is 1. The van der Waals surface area contributed by atoms with Gasteiger partial charge in [0.05, 0.1) is 5.69 Å². The van der Waals surface area contributed by atoms with E-state index in [0.29, 0.717) is 12.1 Å². The van der Waals surface area contributed by atoms with Crippen LogP contribution in [0.5, 0.6) is 0 Å². The highest BCUT2D eigenvalue weighted by atomic mass is 19.1. The number of H-pyrrole nitrogens is 1. The number of nitrogens with one attached hydrogen (secondary N) is 1. The molecule has 0 amide bonds. The van der Waals surface area contributed by atoms with Crippen LogP contribution in [-0.4, -0.2) is 11.5 Å². The zero-order valence-corrected chi connectivity index (χ0v) is 14.0. The Morgan fingerprint density at radius 2 is 1.83 bits per heavy atom. The van der Waals surface area contributed by atoms with Gasteiger partial charge in [0, 0.05) is 22.5 Å². The molecular formula is C20H22F2N2. The first-order valence-corrected chi connectivity index (χ1v) is 8.29. The number of aromatic nitrogens is 1. The molecule has 0 aliphatic rings. The van der Waals surface area contributed by atoms with Crippen LogP contribution < -0.4 is 5.73 Å². The minimum absolute atomic E-state index is 0.410. The second kappa shape index (κ2) is 6.73. The summed E-state index contributed by atoms with van der Waals surface area (Å²) in [5.41, 5.74) is 11.2. The van der Waals surface area contributed by atoms with Gasteiger partial charge in [-0.1, -0.05) is 12.1 Å². The smallest absolute Gasteiger partial charge is 0.135 e. The van der Waals surface area contributed by atoms with Gasteiger partial charge in [-0.2, -0.15) is 0 Å². The summed E-state index contributed by atoms with van der Waals surface area (Å²) in [5, 5.41) is 1.11. The lowest BCUT2D eigenvalue weighted by Crippen LogP contribution is -1.99. The van der Waals surface area contributed by atoms with Crippen molar-refractivity contribution >= 4 is 10.9 Å². The van der Waals surface area contributed by atoms with Crippen molar-refractivity contribution in [2.75, 3.05) is 6.54 Å². The molecule has 0 aliphatic carbocycles. The maximum atomic E-state index is 14.3. The van der Waals surface area contributed by atoms with Crippen molar-refractivity contribution in [3.63, 3.8) is 0 Å². The third-order valence-electron chi connectivity index (χ3n) is 4.69. The average molecular weight is 328 g/mol. The molecule has 0 radical (unpaired) electrons. The van der Waals surface area contributed by atoms with Gasteiger partial charge in [0.2, 0.25) is 0 Å². The molecule has 2 aromatic carbocycles. The molecule has 3 N–H and O–H groups in total. The number of fused-ring (bicyclic) bond motifs is 1. The number of hydrogen-bond acceptors (Lipinski definition) is 1. The van der Waals surface area contributed by atoms with Gasteiger partial charge < -0.3 is 10.7 Å². The van der Waals surface area contributed by atoms with Gasteiger partial charge in [0.25, 0.3) is 0 Å². The van der Waals surface area contributed by atoms with E-state index in [4.69, 9.17) is 5.73 Å². The molecule has 3 aromatic rings. The van der Waals surface area contributed by atoms with Crippen molar-refractivity contribution < 1.29 is 8.78 Å². The van der Waals surface area contributed by atoms with E-state index in [2.05, 4.69) is 31.0 Å². The lowest BCUT2D eigenvalue weighted by atomic mass is 9.98. The van der Waals surface area contributed by atoms with E-state index in [1.807, 2.05) is 0 Å². The van der Waals surface area contributed by atoms with Crippen LogP contribution in [0.15, 0.2) is 30.3 Å². The van der Waals surface area contributed by atoms with Crippen LogP contribution in [0, 0.1) is 25.5 Å². The lowest BCUT2D eigenvalue weighted by Gasteiger charge is -2.07. The number of rotatable bonds is 5. The predicted molar refractivity (Wildman–Crippen MR) is 95.1 cm³/mol. The molecule has 0 fully saturated rings. The first-order chi connectivity index (χ1) is 11.5. The largest absolute Gasteiger partial charge is 0.354 e. The van der Waals surface area contributed by atoms with Gasteiger partial charge in [-0.15, -0.1) is 0 Å². The molecule has 1 aromatic heterocycles. The third-order valence-corrected chi connectivity index (χ3v) is 4.69. The van der Waals surface area contributed by atoms with Crippen molar-refractivity contribution in [2.45, 2.75) is 33.1 Å². The summed E-state index contributed by atoms with van der Waals surface area (Å²) < 4.78 is 27.6. The average Bonchev–Trinajstić information content (AvgIpc) is 2.91. The summed E-state index contributed by atoms with van der Waals surface area (Å²) in [6.07, 6.45) is 2.67. The van der Waals surface area contributed by atoms with Crippen molar-refractivity contribution in [1.29, 1.82) is 0 Å². The second-order valence-electron chi connectivity index (χ2n) is 6.28. The van der Waals surface area contributed by atoms with E-state index < -0.39 is 11.6 Å². The Hall–Kier alpha value is -2.20. The minimum atomic E-state index is -0.566. The highest BCUT2D eigenvalue weighted by Crippen LogP contribution is 2.35. The van der Waals surface area contributed by atoms with Crippen LogP contribution in [0.1, 0.15) is 29.5 Å². The monoisotopic (exact) mass is 328 g/mol. The van der Waals surface area contributed by atoms with Gasteiger partial charge in [-0.25, -0.2) is 8.78 Å². The molecule has 126 valence electrons. The van der Waals surface area contributed by atoms with E-state index in [0.717, 1.165) is 53.1 Å². The molecule has 1 heterocycles. The summed E-state index contributed by atoms with van der Waals surface area (Å²) in [5.74, 6) is -1.11. The molecule has 0 saturated carbocycles. The Balaban J connectivity index is 2.21. The van der Waals surface area contributed by atoms with E-state index in [9.17, 15) is 8.78 Å². The van der Waals surface area contributed by atoms with Gasteiger partial charge in [-0.3, -0.25) is 0 Å². The van der Waals surface area contributed by atoms with Gasteiger partial charge in [-0.05, 0) is 68.5 Å². The fraction of sp³-hybridized carbons (Fsp3) is 0.300. The van der Waals surface area contributed by atoms with Crippen molar-refractivity contribution in [3.8, 4) is 11.3 Å². The molecule has 0 aliphatic heterocycles. The van der Waals surface area contributed by atoms with Crippen molar-refractivity contribution in [1.82, 2.24) is 4.98 Å². The summed E-state index contributed by atoms with van der Waals surface area (Å²) in [6.45, 7) is 4.76. The van der Waals surface area contributed by atoms with E-state index >= 15 is 0 Å². The predicted octanol–water partition coefficient (Wildman–Crippen LogP) is 5.01. The summed E-state index contributed by atoms with van der Waals surface area (Å²) in [4.78, 5) is 3.38. The lowest BCUT2D eigenvalue weighted by molar-refractivity contribution is 0.585. The van der Waals surface area contributed by atoms with Crippen LogP contribution in [-0.2, 0) is 6.42 Å². The topological polar surface area (TPSA) is 41.8 Å². The second-order valence-corrected chi connectivity index (χ2v) is 6.28. The molecular weight excluding hydrogens is 306 g/mol. The highest BCUT2D eigenvalue weighted by molar-refractivity contribution is 5.93. The number of benzene rings is 2. The van der Waals surface area contributed by atoms with Crippen LogP contribution in [0.25, 0.3) is 22.2 Å². The fourth-order valence-corrected chi connectivity index (χ4v) is 3.19. The van der Waals surface area contributed by atoms with E-state index in [1.165, 1.54) is 17.7 Å². The molecule has 0 saturated heterocycles. The number of halogens is 2. The zero-order valence-electron chi connectivity index (χ0n) is 14.0. The number of aryl methyl sites for hydroxylation is 3. The summed E-state index contributed by atoms with van der Waals surface area (Å²) in [7, 11) is 0. The molecule has 0 unspecified atom stereocenters. The number of nitrogens with two attached hydrogens (primary N) is 1. The molecule has 0 spiro atoms. The molecule has 0 atom stereocenters. The van der Waals surface area contributed by atoms with Crippen LogP contribution in [0.3, 0.4) is 0 Å². The van der Waals surface area contributed by atoms with Crippen LogP contribution in [0.4, 0.5) is 8.78 Å². The Morgan fingerprint density at radius 1 is 1.04 bits per heavy atom. The Morgan fingerprint density at radius 3 is 2.54 bits per heavy atom. The highest BCUT2D eigenvalue weighted by Gasteiger charge is 2.17. The fourth-order valence-electron chi connectivity index (χ4n) is 3.19. The number of aromatic amines is 1. The SMILES string of the molecule is Cc1ccc2c(CCCCN)c(-c3ccc(F)cc3F)[nH]c2c1C. The maximum Gasteiger partial charge on any atom is 0.135 e. The van der Waals surface area contributed by atoms with E-state index in [-0.39, 0.29) is 0 Å². The molecule has 2 nitrogen and oxygen atoms in total. The normalized spacial score (nSPS) is 11.4. The standard InChI is InChI=1S/C20H22F2N2/c1-12-6-8-16-15(5-3-4-10-23)20(24-19(16)13(12)2)17-9-7-14(21)11-18(17)22/h6-9,11,24H,3-5,10,23H2,1-2H3. The quantitative estimate of drug-likeness (QED) is 0.635. The Labute approximate surface area is 140 Å². The van der Waals surface area contributed by atoms with Crippen molar-refractivity contribution in [2.24, 2.45) is 5.73 Å². The van der Waals surface area contributed by atoms with Crippen LogP contribution >= 0.6 is 0 Å². The van der Waals surface area contributed by atoms with Gasteiger partial charge in [0.15, 0.2) is 0 Å². The summed E-state index contributed by atoms with van der Waals surface area (Å²) in [6, 6.07) is 7.90.